The zero-order chi connectivity index (χ0) is 20.6. The number of benzene rings is 2. The summed E-state index contributed by atoms with van der Waals surface area (Å²) in [7, 11) is 1.60. The van der Waals surface area contributed by atoms with Crippen molar-refractivity contribution in [3.05, 3.63) is 59.4 Å². The standard InChI is InChI=1S/C20H21ClN4O3S/c1-3-25-18(12-28-17-8-4-14(21)5-9-17)23-24-20(25)29-13-19(26)22-15-6-10-16(27-2)11-7-15/h4-11H,3,12-13H2,1-2H3,(H,22,26). The van der Waals surface area contributed by atoms with E-state index in [0.717, 1.165) is 5.75 Å². The van der Waals surface area contributed by atoms with Crippen molar-refractivity contribution in [1.82, 2.24) is 14.8 Å². The molecule has 1 heterocycles. The predicted molar refractivity (Wildman–Crippen MR) is 114 cm³/mol. The fraction of sp³-hybridized carbons (Fsp3) is 0.250. The topological polar surface area (TPSA) is 78.3 Å². The molecule has 1 N–H and O–H groups in total. The zero-order valence-electron chi connectivity index (χ0n) is 16.1. The number of amides is 1. The van der Waals surface area contributed by atoms with Gasteiger partial charge < -0.3 is 19.4 Å². The molecule has 0 radical (unpaired) electrons. The van der Waals surface area contributed by atoms with Crippen LogP contribution in [0.25, 0.3) is 0 Å². The molecule has 9 heteroatoms. The van der Waals surface area contributed by atoms with Gasteiger partial charge in [0.2, 0.25) is 5.91 Å². The lowest BCUT2D eigenvalue weighted by molar-refractivity contribution is -0.113. The number of rotatable bonds is 9. The van der Waals surface area contributed by atoms with E-state index in [1.54, 1.807) is 55.6 Å². The van der Waals surface area contributed by atoms with Crippen LogP contribution in [0.5, 0.6) is 11.5 Å². The first kappa shape index (κ1) is 21.0. The maximum atomic E-state index is 12.2. The molecule has 1 amide bonds. The first-order valence-electron chi connectivity index (χ1n) is 8.96. The smallest absolute Gasteiger partial charge is 0.234 e. The van der Waals surface area contributed by atoms with E-state index in [-0.39, 0.29) is 18.3 Å². The van der Waals surface area contributed by atoms with Crippen molar-refractivity contribution < 1.29 is 14.3 Å². The summed E-state index contributed by atoms with van der Waals surface area (Å²) in [5.41, 5.74) is 0.713. The molecule has 0 bridgehead atoms. The number of aromatic nitrogens is 3. The molecule has 152 valence electrons. The first-order valence-corrected chi connectivity index (χ1v) is 10.3. The maximum absolute atomic E-state index is 12.2. The Bertz CT molecular complexity index is 945. The molecule has 1 aromatic heterocycles. The van der Waals surface area contributed by atoms with Gasteiger partial charge in [0.1, 0.15) is 18.1 Å². The van der Waals surface area contributed by atoms with E-state index in [0.29, 0.717) is 34.0 Å². The third-order valence-electron chi connectivity index (χ3n) is 4.00. The number of halogens is 1. The Hall–Kier alpha value is -2.71. The van der Waals surface area contributed by atoms with Crippen molar-refractivity contribution in [2.75, 3.05) is 18.2 Å². The second-order valence-corrected chi connectivity index (χ2v) is 7.33. The molecular formula is C20H21ClN4O3S. The molecule has 2 aromatic carbocycles. The summed E-state index contributed by atoms with van der Waals surface area (Å²) in [5.74, 6) is 2.24. The van der Waals surface area contributed by atoms with Gasteiger partial charge >= 0.3 is 0 Å². The van der Waals surface area contributed by atoms with Crippen LogP contribution >= 0.6 is 23.4 Å². The average Bonchev–Trinajstić information content (AvgIpc) is 3.14. The van der Waals surface area contributed by atoms with Crippen LogP contribution in [0.2, 0.25) is 5.02 Å². The molecule has 0 aliphatic rings. The summed E-state index contributed by atoms with van der Waals surface area (Å²) in [6, 6.07) is 14.3. The van der Waals surface area contributed by atoms with E-state index >= 15 is 0 Å². The van der Waals surface area contributed by atoms with Gasteiger partial charge in [-0.25, -0.2) is 0 Å². The fourth-order valence-corrected chi connectivity index (χ4v) is 3.48. The van der Waals surface area contributed by atoms with Crippen LogP contribution in [-0.2, 0) is 17.9 Å². The van der Waals surface area contributed by atoms with Gasteiger partial charge in [-0.2, -0.15) is 0 Å². The first-order chi connectivity index (χ1) is 14.1. The van der Waals surface area contributed by atoms with E-state index in [2.05, 4.69) is 15.5 Å². The van der Waals surface area contributed by atoms with Crippen LogP contribution < -0.4 is 14.8 Å². The summed E-state index contributed by atoms with van der Waals surface area (Å²) >= 11 is 7.21. The Morgan fingerprint density at radius 1 is 1.10 bits per heavy atom. The predicted octanol–water partition coefficient (Wildman–Crippen LogP) is 4.27. The minimum atomic E-state index is -0.121. The van der Waals surface area contributed by atoms with Crippen LogP contribution in [0.3, 0.4) is 0 Å². The minimum absolute atomic E-state index is 0.121. The summed E-state index contributed by atoms with van der Waals surface area (Å²) in [6.07, 6.45) is 0. The lowest BCUT2D eigenvalue weighted by Crippen LogP contribution is -2.14. The summed E-state index contributed by atoms with van der Waals surface area (Å²) in [5, 5.41) is 12.6. The number of methoxy groups -OCH3 is 1. The van der Waals surface area contributed by atoms with Gasteiger partial charge in [-0.3, -0.25) is 4.79 Å². The Morgan fingerprint density at radius 2 is 1.79 bits per heavy atom. The lowest BCUT2D eigenvalue weighted by Gasteiger charge is -2.09. The Balaban J connectivity index is 1.54. The number of ether oxygens (including phenoxy) is 2. The highest BCUT2D eigenvalue weighted by Gasteiger charge is 2.14. The van der Waals surface area contributed by atoms with E-state index in [1.807, 2.05) is 11.5 Å². The van der Waals surface area contributed by atoms with Gasteiger partial charge in [0, 0.05) is 17.3 Å². The summed E-state index contributed by atoms with van der Waals surface area (Å²) in [6.45, 7) is 2.95. The van der Waals surface area contributed by atoms with Crippen molar-refractivity contribution in [2.45, 2.75) is 25.2 Å². The minimum Gasteiger partial charge on any atom is -0.497 e. The van der Waals surface area contributed by atoms with Gasteiger partial charge in [-0.1, -0.05) is 23.4 Å². The summed E-state index contributed by atoms with van der Waals surface area (Å²) < 4.78 is 12.8. The highest BCUT2D eigenvalue weighted by Crippen LogP contribution is 2.21. The average molecular weight is 433 g/mol. The van der Waals surface area contributed by atoms with Gasteiger partial charge in [0.25, 0.3) is 0 Å². The van der Waals surface area contributed by atoms with Gasteiger partial charge in [-0.05, 0) is 55.5 Å². The number of anilines is 1. The Kier molecular flexibility index (Phi) is 7.37. The van der Waals surface area contributed by atoms with Crippen LogP contribution in [0, 0.1) is 0 Å². The molecule has 0 saturated heterocycles. The molecular weight excluding hydrogens is 412 g/mol. The molecule has 0 aliphatic carbocycles. The molecule has 0 atom stereocenters. The quantitative estimate of drug-likeness (QED) is 0.509. The third-order valence-corrected chi connectivity index (χ3v) is 5.22. The largest absolute Gasteiger partial charge is 0.497 e. The maximum Gasteiger partial charge on any atom is 0.234 e. The van der Waals surface area contributed by atoms with Crippen LogP contribution in [0.15, 0.2) is 53.7 Å². The molecule has 0 spiro atoms. The highest BCUT2D eigenvalue weighted by atomic mass is 35.5. The van der Waals surface area contributed by atoms with Gasteiger partial charge in [0.15, 0.2) is 11.0 Å². The van der Waals surface area contributed by atoms with Crippen LogP contribution in [0.1, 0.15) is 12.7 Å². The van der Waals surface area contributed by atoms with Gasteiger partial charge in [-0.15, -0.1) is 10.2 Å². The number of carbonyl (C=O) groups is 1. The molecule has 0 saturated carbocycles. The Morgan fingerprint density at radius 3 is 2.45 bits per heavy atom. The van der Waals surface area contributed by atoms with Crippen molar-refractivity contribution in [2.24, 2.45) is 0 Å². The van der Waals surface area contributed by atoms with E-state index in [9.17, 15) is 4.79 Å². The third kappa shape index (κ3) is 5.88. The normalized spacial score (nSPS) is 10.6. The van der Waals surface area contributed by atoms with Crippen molar-refractivity contribution in [3.63, 3.8) is 0 Å². The van der Waals surface area contributed by atoms with E-state index < -0.39 is 0 Å². The second-order valence-electron chi connectivity index (χ2n) is 5.95. The van der Waals surface area contributed by atoms with E-state index in [4.69, 9.17) is 21.1 Å². The van der Waals surface area contributed by atoms with Crippen LogP contribution in [0.4, 0.5) is 5.69 Å². The number of carbonyl (C=O) groups excluding carboxylic acids is 1. The number of thioether (sulfide) groups is 1. The molecule has 7 nitrogen and oxygen atoms in total. The zero-order valence-corrected chi connectivity index (χ0v) is 17.7. The molecule has 0 aliphatic heterocycles. The van der Waals surface area contributed by atoms with Crippen molar-refractivity contribution in [3.8, 4) is 11.5 Å². The lowest BCUT2D eigenvalue weighted by atomic mass is 10.3. The molecule has 0 fully saturated rings. The molecule has 3 aromatic rings. The highest BCUT2D eigenvalue weighted by molar-refractivity contribution is 7.99. The van der Waals surface area contributed by atoms with Crippen LogP contribution in [-0.4, -0.2) is 33.5 Å². The number of nitrogens with zero attached hydrogens (tertiary/aromatic N) is 3. The number of nitrogens with one attached hydrogen (secondary N) is 1. The summed E-state index contributed by atoms with van der Waals surface area (Å²) in [4.78, 5) is 12.2. The Labute approximate surface area is 178 Å². The van der Waals surface area contributed by atoms with Crippen molar-refractivity contribution in [1.29, 1.82) is 0 Å². The monoisotopic (exact) mass is 432 g/mol. The molecule has 0 unspecified atom stereocenters. The SMILES string of the molecule is CCn1c(COc2ccc(Cl)cc2)nnc1SCC(=O)Nc1ccc(OC)cc1. The number of hydrogen-bond donors (Lipinski definition) is 1. The fourth-order valence-electron chi connectivity index (χ4n) is 2.53. The van der Waals surface area contributed by atoms with Gasteiger partial charge in [0.05, 0.1) is 12.9 Å². The number of hydrogen-bond acceptors (Lipinski definition) is 6. The molecule has 3 rings (SSSR count). The van der Waals surface area contributed by atoms with E-state index in [1.165, 1.54) is 11.8 Å². The molecule has 29 heavy (non-hydrogen) atoms. The second kappa shape index (κ2) is 10.2. The van der Waals surface area contributed by atoms with Crippen molar-refractivity contribution >= 4 is 35.0 Å².